The molecule has 0 saturated carbocycles. The Hall–Kier alpha value is -1.02. The van der Waals surface area contributed by atoms with Crippen molar-refractivity contribution in [2.75, 3.05) is 0 Å². The SMILES string of the molecule is C[C@H]1CCCc2nc3cccc(Cl)c3n21. The molecule has 0 unspecified atom stereocenters. The van der Waals surface area contributed by atoms with Gasteiger partial charge in [0.15, 0.2) is 0 Å². The van der Waals surface area contributed by atoms with Crippen molar-refractivity contribution in [3.8, 4) is 0 Å². The maximum absolute atomic E-state index is 6.24. The maximum atomic E-state index is 6.24. The van der Waals surface area contributed by atoms with E-state index < -0.39 is 0 Å². The fourth-order valence-corrected chi connectivity index (χ4v) is 2.75. The predicted octanol–water partition coefficient (Wildman–Crippen LogP) is 3.59. The molecule has 2 aromatic rings. The van der Waals surface area contributed by atoms with E-state index in [2.05, 4.69) is 16.5 Å². The molecule has 1 aliphatic rings. The second kappa shape index (κ2) is 3.24. The van der Waals surface area contributed by atoms with E-state index >= 15 is 0 Å². The van der Waals surface area contributed by atoms with Gasteiger partial charge >= 0.3 is 0 Å². The van der Waals surface area contributed by atoms with Gasteiger partial charge in [0, 0.05) is 12.5 Å². The van der Waals surface area contributed by atoms with E-state index in [4.69, 9.17) is 11.6 Å². The first-order chi connectivity index (χ1) is 7.27. The van der Waals surface area contributed by atoms with Crippen molar-refractivity contribution in [3.05, 3.63) is 29.0 Å². The van der Waals surface area contributed by atoms with Crippen LogP contribution in [0.1, 0.15) is 31.6 Å². The van der Waals surface area contributed by atoms with E-state index in [9.17, 15) is 0 Å². The Morgan fingerprint density at radius 3 is 3.20 bits per heavy atom. The summed E-state index contributed by atoms with van der Waals surface area (Å²) in [5, 5.41) is 0.819. The zero-order valence-electron chi connectivity index (χ0n) is 8.70. The molecule has 78 valence electrons. The highest BCUT2D eigenvalue weighted by atomic mass is 35.5. The summed E-state index contributed by atoms with van der Waals surface area (Å²) in [6.07, 6.45) is 3.54. The van der Waals surface area contributed by atoms with Crippen LogP contribution in [-0.2, 0) is 6.42 Å². The maximum Gasteiger partial charge on any atom is 0.110 e. The topological polar surface area (TPSA) is 17.8 Å². The number of benzene rings is 1. The van der Waals surface area contributed by atoms with Crippen molar-refractivity contribution >= 4 is 22.6 Å². The quantitative estimate of drug-likeness (QED) is 0.664. The van der Waals surface area contributed by atoms with Crippen molar-refractivity contribution in [1.82, 2.24) is 9.55 Å². The lowest BCUT2D eigenvalue weighted by molar-refractivity contribution is 0.436. The Balaban J connectivity index is 2.38. The summed E-state index contributed by atoms with van der Waals surface area (Å²) in [4.78, 5) is 4.64. The standard InChI is InChI=1S/C12H13ClN2/c1-8-4-2-7-11-14-10-6-3-5-9(13)12(10)15(8)11/h3,5-6,8H,2,4,7H2,1H3/t8-/m0/s1. The van der Waals surface area contributed by atoms with Gasteiger partial charge in [-0.1, -0.05) is 17.7 Å². The molecule has 2 heterocycles. The highest BCUT2D eigenvalue weighted by Crippen LogP contribution is 2.32. The number of para-hydroxylation sites is 1. The van der Waals surface area contributed by atoms with Crippen LogP contribution in [0.3, 0.4) is 0 Å². The molecule has 3 rings (SSSR count). The third-order valence-corrected chi connectivity index (χ3v) is 3.50. The largest absolute Gasteiger partial charge is 0.324 e. The molecule has 3 heteroatoms. The summed E-state index contributed by atoms with van der Waals surface area (Å²) in [6, 6.07) is 6.48. The summed E-state index contributed by atoms with van der Waals surface area (Å²) in [5.41, 5.74) is 2.15. The molecule has 0 spiro atoms. The molecule has 1 aromatic heterocycles. The summed E-state index contributed by atoms with van der Waals surface area (Å²) in [6.45, 7) is 2.24. The minimum absolute atomic E-state index is 0.527. The Labute approximate surface area is 93.9 Å². The second-order valence-electron chi connectivity index (χ2n) is 4.25. The number of fused-ring (bicyclic) bond motifs is 3. The highest BCUT2D eigenvalue weighted by Gasteiger charge is 2.21. The summed E-state index contributed by atoms with van der Waals surface area (Å²) >= 11 is 6.24. The van der Waals surface area contributed by atoms with E-state index in [1.54, 1.807) is 0 Å². The molecule has 0 fully saturated rings. The van der Waals surface area contributed by atoms with E-state index in [1.165, 1.54) is 18.7 Å². The third kappa shape index (κ3) is 1.28. The molecule has 0 radical (unpaired) electrons. The van der Waals surface area contributed by atoms with E-state index in [0.29, 0.717) is 6.04 Å². The van der Waals surface area contributed by atoms with Gasteiger partial charge in [0.1, 0.15) is 5.82 Å². The number of hydrogen-bond donors (Lipinski definition) is 0. The number of aryl methyl sites for hydroxylation is 1. The molecule has 1 aromatic carbocycles. The van der Waals surface area contributed by atoms with Crippen LogP contribution in [0.2, 0.25) is 5.02 Å². The molecular formula is C12H13ClN2. The van der Waals surface area contributed by atoms with Crippen molar-refractivity contribution < 1.29 is 0 Å². The Bertz CT molecular complexity index is 516. The molecule has 2 nitrogen and oxygen atoms in total. The minimum Gasteiger partial charge on any atom is -0.324 e. The Kier molecular flexibility index (Phi) is 1.99. The van der Waals surface area contributed by atoms with Gasteiger partial charge in [0.05, 0.1) is 16.1 Å². The van der Waals surface area contributed by atoms with Crippen LogP contribution in [0.25, 0.3) is 11.0 Å². The van der Waals surface area contributed by atoms with Crippen LogP contribution in [0, 0.1) is 0 Å². The average Bonchev–Trinajstić information content (AvgIpc) is 2.58. The van der Waals surface area contributed by atoms with E-state index in [1.807, 2.05) is 18.2 Å². The van der Waals surface area contributed by atoms with Gasteiger partial charge in [-0.3, -0.25) is 0 Å². The fourth-order valence-electron chi connectivity index (χ4n) is 2.49. The summed E-state index contributed by atoms with van der Waals surface area (Å²) in [7, 11) is 0. The van der Waals surface area contributed by atoms with E-state index in [-0.39, 0.29) is 0 Å². The highest BCUT2D eigenvalue weighted by molar-refractivity contribution is 6.35. The summed E-state index contributed by atoms with van der Waals surface area (Å²) in [5.74, 6) is 1.19. The first-order valence-corrected chi connectivity index (χ1v) is 5.80. The molecule has 0 aliphatic carbocycles. The molecule has 0 amide bonds. The van der Waals surface area contributed by atoms with Crippen molar-refractivity contribution in [3.63, 3.8) is 0 Å². The lowest BCUT2D eigenvalue weighted by Gasteiger charge is -2.22. The number of aromatic nitrogens is 2. The van der Waals surface area contributed by atoms with Crippen molar-refractivity contribution in [2.24, 2.45) is 0 Å². The van der Waals surface area contributed by atoms with Gasteiger partial charge in [-0.25, -0.2) is 4.98 Å². The average molecular weight is 221 g/mol. The first-order valence-electron chi connectivity index (χ1n) is 5.42. The van der Waals surface area contributed by atoms with Gasteiger partial charge in [0.25, 0.3) is 0 Å². The number of rotatable bonds is 0. The smallest absolute Gasteiger partial charge is 0.110 e. The lowest BCUT2D eigenvalue weighted by atomic mass is 10.1. The van der Waals surface area contributed by atoms with Crippen LogP contribution < -0.4 is 0 Å². The number of nitrogens with zero attached hydrogens (tertiary/aromatic N) is 2. The fraction of sp³-hybridized carbons (Fsp3) is 0.417. The number of imidazole rings is 1. The van der Waals surface area contributed by atoms with E-state index in [0.717, 1.165) is 22.5 Å². The molecule has 1 aliphatic heterocycles. The molecule has 1 atom stereocenters. The van der Waals surface area contributed by atoms with Gasteiger partial charge in [-0.05, 0) is 31.9 Å². The predicted molar refractivity (Wildman–Crippen MR) is 62.4 cm³/mol. The molecule has 0 saturated heterocycles. The molecule has 0 N–H and O–H groups in total. The van der Waals surface area contributed by atoms with Crippen LogP contribution in [0.5, 0.6) is 0 Å². The zero-order chi connectivity index (χ0) is 10.4. The summed E-state index contributed by atoms with van der Waals surface area (Å²) < 4.78 is 2.31. The van der Waals surface area contributed by atoms with Crippen LogP contribution >= 0.6 is 11.6 Å². The van der Waals surface area contributed by atoms with Crippen molar-refractivity contribution in [2.45, 2.75) is 32.2 Å². The third-order valence-electron chi connectivity index (χ3n) is 3.20. The molecule has 15 heavy (non-hydrogen) atoms. The minimum atomic E-state index is 0.527. The lowest BCUT2D eigenvalue weighted by Crippen LogP contribution is -2.15. The molecular weight excluding hydrogens is 208 g/mol. The van der Waals surface area contributed by atoms with Gasteiger partial charge in [0.2, 0.25) is 0 Å². The van der Waals surface area contributed by atoms with Crippen LogP contribution in [-0.4, -0.2) is 9.55 Å². The Morgan fingerprint density at radius 1 is 1.47 bits per heavy atom. The van der Waals surface area contributed by atoms with Crippen LogP contribution in [0.4, 0.5) is 0 Å². The first kappa shape index (κ1) is 9.22. The van der Waals surface area contributed by atoms with Crippen molar-refractivity contribution in [1.29, 1.82) is 0 Å². The zero-order valence-corrected chi connectivity index (χ0v) is 9.46. The van der Waals surface area contributed by atoms with Gasteiger partial charge < -0.3 is 4.57 Å². The Morgan fingerprint density at radius 2 is 2.33 bits per heavy atom. The number of halogens is 1. The molecule has 0 bridgehead atoms. The van der Waals surface area contributed by atoms with Crippen LogP contribution in [0.15, 0.2) is 18.2 Å². The van der Waals surface area contributed by atoms with Gasteiger partial charge in [-0.15, -0.1) is 0 Å². The normalized spacial score (nSPS) is 20.5. The number of hydrogen-bond acceptors (Lipinski definition) is 1. The van der Waals surface area contributed by atoms with Gasteiger partial charge in [-0.2, -0.15) is 0 Å². The second-order valence-corrected chi connectivity index (χ2v) is 4.65. The monoisotopic (exact) mass is 220 g/mol.